The molecule has 0 unspecified atom stereocenters. The largest absolute Gasteiger partial charge is 0.484 e. The van der Waals surface area contributed by atoms with Gasteiger partial charge < -0.3 is 14.4 Å². The number of hydrogen-bond acceptors (Lipinski definition) is 5. The van der Waals surface area contributed by atoms with Gasteiger partial charge in [0.1, 0.15) is 11.3 Å². The van der Waals surface area contributed by atoms with Gasteiger partial charge >= 0.3 is 5.97 Å². The summed E-state index contributed by atoms with van der Waals surface area (Å²) >= 11 is 3.27. The highest BCUT2D eigenvalue weighted by atomic mass is 79.9. The number of carboxylic acid groups (broad SMARTS) is 1. The van der Waals surface area contributed by atoms with Gasteiger partial charge in [0.25, 0.3) is 0 Å². The van der Waals surface area contributed by atoms with E-state index >= 15 is 0 Å². The number of aryl methyl sites for hydroxylation is 1. The molecule has 21 heavy (non-hydrogen) atoms. The third kappa shape index (κ3) is 3.60. The Kier molecular flexibility index (Phi) is 4.62. The van der Waals surface area contributed by atoms with Crippen molar-refractivity contribution in [2.75, 3.05) is 0 Å². The van der Waals surface area contributed by atoms with Crippen LogP contribution >= 0.6 is 15.9 Å². The van der Waals surface area contributed by atoms with Gasteiger partial charge in [0, 0.05) is 10.4 Å². The van der Waals surface area contributed by atoms with Gasteiger partial charge in [-0.1, -0.05) is 34.9 Å². The van der Waals surface area contributed by atoms with E-state index in [-0.39, 0.29) is 18.1 Å². The SMILES string of the molecule is Cc1cc(Br)cc(C(=O)O)c1OCc1noc(C(C)C)n1. The average molecular weight is 355 g/mol. The van der Waals surface area contributed by atoms with Crippen LogP contribution in [0, 0.1) is 6.92 Å². The smallest absolute Gasteiger partial charge is 0.339 e. The molecule has 112 valence electrons. The van der Waals surface area contributed by atoms with Crippen LogP contribution in [-0.2, 0) is 6.61 Å². The van der Waals surface area contributed by atoms with Crippen LogP contribution in [0.25, 0.3) is 0 Å². The number of benzene rings is 1. The first kappa shape index (κ1) is 15.5. The van der Waals surface area contributed by atoms with E-state index in [0.29, 0.717) is 27.5 Å². The van der Waals surface area contributed by atoms with E-state index in [1.165, 1.54) is 6.07 Å². The molecule has 1 aromatic heterocycles. The van der Waals surface area contributed by atoms with Crippen molar-refractivity contribution in [1.29, 1.82) is 0 Å². The van der Waals surface area contributed by atoms with E-state index in [1.54, 1.807) is 13.0 Å². The van der Waals surface area contributed by atoms with Gasteiger partial charge in [0.15, 0.2) is 6.61 Å². The molecule has 0 aliphatic carbocycles. The molecule has 2 rings (SSSR count). The fourth-order valence-corrected chi connectivity index (χ4v) is 2.35. The number of aromatic nitrogens is 2. The molecule has 0 atom stereocenters. The highest BCUT2D eigenvalue weighted by Crippen LogP contribution is 2.28. The standard InChI is InChI=1S/C14H15BrN2O4/c1-7(2)13-16-11(17-21-13)6-20-12-8(3)4-9(15)5-10(12)14(18)19/h4-5,7H,6H2,1-3H3,(H,18,19). The van der Waals surface area contributed by atoms with Crippen molar-refractivity contribution in [2.45, 2.75) is 33.3 Å². The highest BCUT2D eigenvalue weighted by molar-refractivity contribution is 9.10. The summed E-state index contributed by atoms with van der Waals surface area (Å²) in [5.41, 5.74) is 0.809. The Morgan fingerprint density at radius 2 is 2.19 bits per heavy atom. The number of hydrogen-bond donors (Lipinski definition) is 1. The number of nitrogens with zero attached hydrogens (tertiary/aromatic N) is 2. The maximum absolute atomic E-state index is 11.3. The third-order valence-electron chi connectivity index (χ3n) is 2.79. The quantitative estimate of drug-likeness (QED) is 0.883. The second kappa shape index (κ2) is 6.26. The van der Waals surface area contributed by atoms with Gasteiger partial charge in [-0.25, -0.2) is 4.79 Å². The summed E-state index contributed by atoms with van der Waals surface area (Å²) in [6.07, 6.45) is 0. The molecule has 7 heteroatoms. The minimum absolute atomic E-state index is 0.0545. The molecule has 0 aliphatic rings. The summed E-state index contributed by atoms with van der Waals surface area (Å²) in [5.74, 6) is 0.305. The second-order valence-corrected chi connectivity index (χ2v) is 5.81. The molecule has 0 spiro atoms. The van der Waals surface area contributed by atoms with Crippen LogP contribution in [0.5, 0.6) is 5.75 Å². The van der Waals surface area contributed by atoms with Gasteiger partial charge in [0.2, 0.25) is 11.7 Å². The van der Waals surface area contributed by atoms with Crippen LogP contribution in [0.4, 0.5) is 0 Å². The lowest BCUT2D eigenvalue weighted by Crippen LogP contribution is -2.06. The zero-order valence-electron chi connectivity index (χ0n) is 11.9. The predicted molar refractivity (Wildman–Crippen MR) is 78.6 cm³/mol. The average Bonchev–Trinajstić information content (AvgIpc) is 2.85. The van der Waals surface area contributed by atoms with Crippen LogP contribution < -0.4 is 4.74 Å². The molecule has 2 aromatic rings. The minimum atomic E-state index is -1.05. The summed E-state index contributed by atoms with van der Waals surface area (Å²) in [6, 6.07) is 3.29. The molecule has 0 saturated heterocycles. The molecule has 0 fully saturated rings. The van der Waals surface area contributed by atoms with E-state index in [4.69, 9.17) is 9.26 Å². The van der Waals surface area contributed by atoms with Gasteiger partial charge in [-0.2, -0.15) is 4.98 Å². The highest BCUT2D eigenvalue weighted by Gasteiger charge is 2.17. The lowest BCUT2D eigenvalue weighted by atomic mass is 10.1. The Labute approximate surface area is 130 Å². The zero-order chi connectivity index (χ0) is 15.6. The topological polar surface area (TPSA) is 85.5 Å². The molecule has 0 bridgehead atoms. The van der Waals surface area contributed by atoms with E-state index in [0.717, 1.165) is 0 Å². The maximum atomic E-state index is 11.3. The molecule has 1 aromatic carbocycles. The van der Waals surface area contributed by atoms with Crippen molar-refractivity contribution in [1.82, 2.24) is 10.1 Å². The van der Waals surface area contributed by atoms with Crippen LogP contribution in [0.3, 0.4) is 0 Å². The summed E-state index contributed by atoms with van der Waals surface area (Å²) in [6.45, 7) is 5.72. The van der Waals surface area contributed by atoms with Crippen LogP contribution in [0.1, 0.15) is 47.4 Å². The van der Waals surface area contributed by atoms with Gasteiger partial charge in [-0.3, -0.25) is 0 Å². The van der Waals surface area contributed by atoms with Crippen molar-refractivity contribution in [3.63, 3.8) is 0 Å². The second-order valence-electron chi connectivity index (χ2n) is 4.90. The van der Waals surface area contributed by atoms with E-state index in [2.05, 4.69) is 26.1 Å². The Balaban J connectivity index is 2.21. The first-order valence-electron chi connectivity index (χ1n) is 6.37. The van der Waals surface area contributed by atoms with Crippen LogP contribution in [0.2, 0.25) is 0 Å². The minimum Gasteiger partial charge on any atom is -0.484 e. The fraction of sp³-hybridized carbons (Fsp3) is 0.357. The molecule has 1 N–H and O–H groups in total. The molecular formula is C14H15BrN2O4. The molecule has 0 aliphatic heterocycles. The fourth-order valence-electron chi connectivity index (χ4n) is 1.78. The Morgan fingerprint density at radius 3 is 2.76 bits per heavy atom. The first-order chi connectivity index (χ1) is 9.88. The number of ether oxygens (including phenoxy) is 1. The van der Waals surface area contributed by atoms with Crippen molar-refractivity contribution in [2.24, 2.45) is 0 Å². The van der Waals surface area contributed by atoms with Crippen molar-refractivity contribution >= 4 is 21.9 Å². The third-order valence-corrected chi connectivity index (χ3v) is 3.25. The molecular weight excluding hydrogens is 340 g/mol. The van der Waals surface area contributed by atoms with Crippen molar-refractivity contribution in [3.05, 3.63) is 39.4 Å². The maximum Gasteiger partial charge on any atom is 0.339 e. The number of carbonyl (C=O) groups is 1. The summed E-state index contributed by atoms with van der Waals surface area (Å²) in [4.78, 5) is 15.5. The lowest BCUT2D eigenvalue weighted by molar-refractivity contribution is 0.0691. The number of halogens is 1. The molecule has 1 heterocycles. The zero-order valence-corrected chi connectivity index (χ0v) is 13.5. The Hall–Kier alpha value is -1.89. The molecule has 0 amide bonds. The van der Waals surface area contributed by atoms with Gasteiger partial charge in [-0.05, 0) is 24.6 Å². The molecule has 6 nitrogen and oxygen atoms in total. The molecule has 0 radical (unpaired) electrons. The Morgan fingerprint density at radius 1 is 1.48 bits per heavy atom. The molecule has 0 saturated carbocycles. The van der Waals surface area contributed by atoms with Crippen LogP contribution in [0.15, 0.2) is 21.1 Å². The number of aromatic carboxylic acids is 1. The summed E-state index contributed by atoms with van der Waals surface area (Å²) in [5, 5.41) is 13.0. The predicted octanol–water partition coefficient (Wildman–Crippen LogP) is 3.54. The number of rotatable bonds is 5. The van der Waals surface area contributed by atoms with E-state index < -0.39 is 5.97 Å². The normalized spacial score (nSPS) is 10.9. The van der Waals surface area contributed by atoms with Crippen LogP contribution in [-0.4, -0.2) is 21.2 Å². The summed E-state index contributed by atoms with van der Waals surface area (Å²) in [7, 11) is 0. The van der Waals surface area contributed by atoms with Crippen molar-refractivity contribution < 1.29 is 19.2 Å². The van der Waals surface area contributed by atoms with Crippen molar-refractivity contribution in [3.8, 4) is 5.75 Å². The van der Waals surface area contributed by atoms with Gasteiger partial charge in [-0.15, -0.1) is 0 Å². The van der Waals surface area contributed by atoms with E-state index in [9.17, 15) is 9.90 Å². The number of carboxylic acids is 1. The Bertz CT molecular complexity index is 667. The van der Waals surface area contributed by atoms with E-state index in [1.807, 2.05) is 13.8 Å². The first-order valence-corrected chi connectivity index (χ1v) is 7.16. The lowest BCUT2D eigenvalue weighted by Gasteiger charge is -2.11. The monoisotopic (exact) mass is 354 g/mol. The van der Waals surface area contributed by atoms with Gasteiger partial charge in [0.05, 0.1) is 0 Å². The summed E-state index contributed by atoms with van der Waals surface area (Å²) < 4.78 is 11.3.